The van der Waals surface area contributed by atoms with Crippen molar-refractivity contribution in [3.63, 3.8) is 0 Å². The van der Waals surface area contributed by atoms with Crippen molar-refractivity contribution in [3.05, 3.63) is 71.0 Å². The average molecular weight is 315 g/mol. The highest BCUT2D eigenvalue weighted by Crippen LogP contribution is 2.23. The molecule has 23 heavy (non-hydrogen) atoms. The summed E-state index contributed by atoms with van der Waals surface area (Å²) in [5, 5.41) is 13.0. The van der Waals surface area contributed by atoms with Crippen LogP contribution in [0.3, 0.4) is 0 Å². The van der Waals surface area contributed by atoms with Crippen molar-refractivity contribution in [3.8, 4) is 0 Å². The molecule has 0 radical (unpaired) electrons. The topological polar surface area (TPSA) is 49.3 Å². The quantitative estimate of drug-likeness (QED) is 0.885. The lowest BCUT2D eigenvalue weighted by atomic mass is 9.92. The van der Waals surface area contributed by atoms with Gasteiger partial charge in [-0.1, -0.05) is 42.0 Å². The number of aliphatic hydroxyl groups is 1. The molecule has 0 fully saturated rings. The number of aryl methyl sites for hydroxylation is 1. The minimum atomic E-state index is -1.03. The molecule has 3 nitrogen and oxygen atoms in total. The third-order valence-electron chi connectivity index (χ3n) is 3.80. The van der Waals surface area contributed by atoms with Crippen LogP contribution in [0.1, 0.15) is 43.1 Å². The minimum absolute atomic E-state index is 0.112. The molecular formula is C19H22FNO2. The van der Waals surface area contributed by atoms with Gasteiger partial charge in [0.25, 0.3) is 0 Å². The largest absolute Gasteiger partial charge is 0.388 e. The molecule has 0 spiro atoms. The summed E-state index contributed by atoms with van der Waals surface area (Å²) >= 11 is 0. The van der Waals surface area contributed by atoms with Gasteiger partial charge in [-0.05, 0) is 44.0 Å². The summed E-state index contributed by atoms with van der Waals surface area (Å²) < 4.78 is 13.2. The predicted molar refractivity (Wildman–Crippen MR) is 88.3 cm³/mol. The highest BCUT2D eigenvalue weighted by molar-refractivity contribution is 5.77. The van der Waals surface area contributed by atoms with Crippen LogP contribution in [0, 0.1) is 12.7 Å². The smallest absolute Gasteiger partial charge is 0.223 e. The van der Waals surface area contributed by atoms with Gasteiger partial charge in [-0.25, -0.2) is 4.39 Å². The molecule has 2 aromatic rings. The Morgan fingerprint density at radius 1 is 1.22 bits per heavy atom. The van der Waals surface area contributed by atoms with Crippen LogP contribution >= 0.6 is 0 Å². The first-order valence-electron chi connectivity index (χ1n) is 7.59. The summed E-state index contributed by atoms with van der Waals surface area (Å²) in [6.07, 6.45) is -1.14. The second-order valence-corrected chi connectivity index (χ2v) is 6.32. The van der Waals surface area contributed by atoms with Gasteiger partial charge in [0.15, 0.2) is 0 Å². The van der Waals surface area contributed by atoms with E-state index in [1.807, 2.05) is 45.0 Å². The first-order chi connectivity index (χ1) is 10.8. The van der Waals surface area contributed by atoms with Crippen LogP contribution in [-0.2, 0) is 10.3 Å². The fraction of sp³-hybridized carbons (Fsp3) is 0.316. The highest BCUT2D eigenvalue weighted by Gasteiger charge is 2.24. The zero-order valence-electron chi connectivity index (χ0n) is 13.6. The Morgan fingerprint density at radius 3 is 2.57 bits per heavy atom. The molecule has 0 heterocycles. The minimum Gasteiger partial charge on any atom is -0.388 e. The number of benzene rings is 2. The maximum atomic E-state index is 13.2. The van der Waals surface area contributed by atoms with E-state index in [2.05, 4.69) is 5.32 Å². The van der Waals surface area contributed by atoms with Crippen LogP contribution in [0.4, 0.5) is 4.39 Å². The molecule has 1 atom stereocenters. The standard InChI is InChI=1S/C19H22FNO2/c1-13-6-4-8-15(10-13)19(2,3)21-18(23)12-17(22)14-7-5-9-16(20)11-14/h4-11,17,22H,12H2,1-3H3,(H,21,23). The van der Waals surface area contributed by atoms with E-state index in [4.69, 9.17) is 0 Å². The Kier molecular flexibility index (Phi) is 5.16. The second kappa shape index (κ2) is 6.92. The summed E-state index contributed by atoms with van der Waals surface area (Å²) in [6, 6.07) is 13.6. The molecule has 122 valence electrons. The maximum Gasteiger partial charge on any atom is 0.223 e. The SMILES string of the molecule is Cc1cccc(C(C)(C)NC(=O)CC(O)c2cccc(F)c2)c1. The van der Waals surface area contributed by atoms with Gasteiger partial charge in [0, 0.05) is 0 Å². The number of nitrogens with one attached hydrogen (secondary N) is 1. The number of amides is 1. The number of hydrogen-bond acceptors (Lipinski definition) is 2. The van der Waals surface area contributed by atoms with E-state index >= 15 is 0 Å². The summed E-state index contributed by atoms with van der Waals surface area (Å²) in [4.78, 5) is 12.2. The van der Waals surface area contributed by atoms with Gasteiger partial charge in [0.2, 0.25) is 5.91 Å². The molecular weight excluding hydrogens is 293 g/mol. The molecule has 0 bridgehead atoms. The molecule has 0 aromatic heterocycles. The molecule has 0 aliphatic carbocycles. The van der Waals surface area contributed by atoms with Crippen LogP contribution in [0.5, 0.6) is 0 Å². The van der Waals surface area contributed by atoms with Gasteiger partial charge in [-0.3, -0.25) is 4.79 Å². The molecule has 4 heteroatoms. The monoisotopic (exact) mass is 315 g/mol. The van der Waals surface area contributed by atoms with Crippen molar-refractivity contribution in [2.24, 2.45) is 0 Å². The fourth-order valence-corrected chi connectivity index (χ4v) is 2.51. The molecule has 1 unspecified atom stereocenters. The van der Waals surface area contributed by atoms with Crippen LogP contribution < -0.4 is 5.32 Å². The number of carbonyl (C=O) groups is 1. The molecule has 0 aliphatic rings. The zero-order chi connectivity index (χ0) is 17.0. The number of halogens is 1. The molecule has 0 saturated heterocycles. The van der Waals surface area contributed by atoms with Crippen molar-refractivity contribution in [1.82, 2.24) is 5.32 Å². The van der Waals surface area contributed by atoms with E-state index in [-0.39, 0.29) is 12.3 Å². The van der Waals surface area contributed by atoms with Crippen LogP contribution in [0.15, 0.2) is 48.5 Å². The van der Waals surface area contributed by atoms with Crippen molar-refractivity contribution in [2.45, 2.75) is 38.8 Å². The molecule has 1 amide bonds. The molecule has 2 N–H and O–H groups in total. The molecule has 0 aliphatic heterocycles. The number of rotatable bonds is 5. The van der Waals surface area contributed by atoms with Gasteiger partial charge < -0.3 is 10.4 Å². The van der Waals surface area contributed by atoms with E-state index in [0.717, 1.165) is 11.1 Å². The summed E-state index contributed by atoms with van der Waals surface area (Å²) in [5.74, 6) is -0.713. The van der Waals surface area contributed by atoms with Gasteiger partial charge in [-0.15, -0.1) is 0 Å². The lowest BCUT2D eigenvalue weighted by Gasteiger charge is -2.28. The van der Waals surface area contributed by atoms with Gasteiger partial charge >= 0.3 is 0 Å². The number of hydrogen-bond donors (Lipinski definition) is 2. The molecule has 2 aromatic carbocycles. The lowest BCUT2D eigenvalue weighted by Crippen LogP contribution is -2.41. The second-order valence-electron chi connectivity index (χ2n) is 6.32. The first kappa shape index (κ1) is 17.2. The third kappa shape index (κ3) is 4.63. The van der Waals surface area contributed by atoms with E-state index in [9.17, 15) is 14.3 Å². The van der Waals surface area contributed by atoms with Gasteiger partial charge in [-0.2, -0.15) is 0 Å². The third-order valence-corrected chi connectivity index (χ3v) is 3.80. The van der Waals surface area contributed by atoms with Crippen LogP contribution in [-0.4, -0.2) is 11.0 Å². The number of aliphatic hydroxyl groups excluding tert-OH is 1. The Balaban J connectivity index is 2.03. The first-order valence-corrected chi connectivity index (χ1v) is 7.59. The van der Waals surface area contributed by atoms with E-state index in [0.29, 0.717) is 5.56 Å². The van der Waals surface area contributed by atoms with Crippen LogP contribution in [0.2, 0.25) is 0 Å². The van der Waals surface area contributed by atoms with Crippen molar-refractivity contribution >= 4 is 5.91 Å². The van der Waals surface area contributed by atoms with Gasteiger partial charge in [0.05, 0.1) is 18.1 Å². The summed E-state index contributed by atoms with van der Waals surface area (Å²) in [6.45, 7) is 5.82. The Bertz CT molecular complexity index is 697. The van der Waals surface area contributed by atoms with Crippen molar-refractivity contribution < 1.29 is 14.3 Å². The molecule has 0 saturated carbocycles. The molecule has 2 rings (SSSR count). The summed E-state index contributed by atoms with van der Waals surface area (Å²) in [5.41, 5.74) is 1.95. The Morgan fingerprint density at radius 2 is 1.91 bits per heavy atom. The van der Waals surface area contributed by atoms with E-state index < -0.39 is 17.5 Å². The van der Waals surface area contributed by atoms with Gasteiger partial charge in [0.1, 0.15) is 5.82 Å². The maximum absolute atomic E-state index is 13.2. The average Bonchev–Trinajstić information content (AvgIpc) is 2.46. The van der Waals surface area contributed by atoms with Crippen molar-refractivity contribution in [1.29, 1.82) is 0 Å². The Labute approximate surface area is 136 Å². The zero-order valence-corrected chi connectivity index (χ0v) is 13.6. The van der Waals surface area contributed by atoms with E-state index in [1.165, 1.54) is 18.2 Å². The fourth-order valence-electron chi connectivity index (χ4n) is 2.51. The summed E-state index contributed by atoms with van der Waals surface area (Å²) in [7, 11) is 0. The predicted octanol–water partition coefficient (Wildman–Crippen LogP) is 3.61. The number of carbonyl (C=O) groups excluding carboxylic acids is 1. The Hall–Kier alpha value is -2.20. The van der Waals surface area contributed by atoms with E-state index in [1.54, 1.807) is 6.07 Å². The normalized spacial score (nSPS) is 12.7. The highest BCUT2D eigenvalue weighted by atomic mass is 19.1. The lowest BCUT2D eigenvalue weighted by molar-refractivity contribution is -0.124. The van der Waals surface area contributed by atoms with Crippen LogP contribution in [0.25, 0.3) is 0 Å². The van der Waals surface area contributed by atoms with Crippen molar-refractivity contribution in [2.75, 3.05) is 0 Å².